The molecule has 0 aromatic carbocycles. The highest BCUT2D eigenvalue weighted by Crippen LogP contribution is 2.22. The first kappa shape index (κ1) is 9.93. The molecule has 0 saturated carbocycles. The van der Waals surface area contributed by atoms with Crippen LogP contribution in [0.1, 0.15) is 16.1 Å². The number of hydrogen-bond donors (Lipinski definition) is 0. The van der Waals surface area contributed by atoms with Gasteiger partial charge in [-0.2, -0.15) is 0 Å². The number of aromatic nitrogens is 1. The maximum atomic E-state index is 11.9. The largest absolute Gasteiger partial charge is 0.336 e. The van der Waals surface area contributed by atoms with Crippen LogP contribution in [0, 0.1) is 0 Å². The third-order valence-corrected chi connectivity index (χ3v) is 3.45. The lowest BCUT2D eigenvalue weighted by Gasteiger charge is -2.11. The van der Waals surface area contributed by atoms with E-state index in [1.165, 1.54) is 0 Å². The van der Waals surface area contributed by atoms with Crippen LogP contribution in [0.25, 0.3) is 0 Å². The summed E-state index contributed by atoms with van der Waals surface area (Å²) >= 11 is 3.44. The van der Waals surface area contributed by atoms with Crippen molar-refractivity contribution in [1.82, 2.24) is 9.47 Å². The highest BCUT2D eigenvalue weighted by Gasteiger charge is 2.22. The van der Waals surface area contributed by atoms with Crippen LogP contribution in [0.5, 0.6) is 0 Å². The zero-order valence-corrected chi connectivity index (χ0v) is 9.97. The summed E-state index contributed by atoms with van der Waals surface area (Å²) < 4.78 is 2.91. The van der Waals surface area contributed by atoms with Crippen LogP contribution in [-0.2, 0) is 13.5 Å². The number of carbonyl (C=O) groups excluding carboxylic acids is 1. The molecule has 0 unspecified atom stereocenters. The lowest BCUT2D eigenvalue weighted by molar-refractivity contribution is 0.0946. The van der Waals surface area contributed by atoms with Gasteiger partial charge in [0.05, 0.1) is 16.8 Å². The van der Waals surface area contributed by atoms with E-state index in [1.54, 1.807) is 0 Å². The van der Waals surface area contributed by atoms with E-state index < -0.39 is 0 Å². The maximum Gasteiger partial charge on any atom is 0.193 e. The molecule has 0 aliphatic carbocycles. The summed E-state index contributed by atoms with van der Waals surface area (Å²) in [5.41, 5.74) is 2.02. The summed E-state index contributed by atoms with van der Waals surface area (Å²) in [5, 5.41) is 0. The van der Waals surface area contributed by atoms with E-state index in [1.807, 2.05) is 24.7 Å². The van der Waals surface area contributed by atoms with Gasteiger partial charge in [0, 0.05) is 13.6 Å². The highest BCUT2D eigenvalue weighted by molar-refractivity contribution is 9.10. The van der Waals surface area contributed by atoms with Gasteiger partial charge < -0.3 is 4.57 Å². The molecule has 0 radical (unpaired) electrons. The fraction of sp³-hybridized carbons (Fsp3) is 0.500. The molecule has 1 aromatic heterocycles. The molecule has 0 spiro atoms. The molecule has 3 nitrogen and oxygen atoms in total. The molecule has 2 rings (SSSR count). The van der Waals surface area contributed by atoms with Gasteiger partial charge in [-0.3, -0.25) is 9.69 Å². The van der Waals surface area contributed by atoms with Crippen molar-refractivity contribution >= 4 is 21.7 Å². The van der Waals surface area contributed by atoms with E-state index >= 15 is 0 Å². The fourth-order valence-electron chi connectivity index (χ4n) is 1.90. The van der Waals surface area contributed by atoms with Crippen LogP contribution in [0.2, 0.25) is 0 Å². The second kappa shape index (κ2) is 3.51. The lowest BCUT2D eigenvalue weighted by Crippen LogP contribution is -2.25. The van der Waals surface area contributed by atoms with E-state index in [-0.39, 0.29) is 5.78 Å². The Morgan fingerprint density at radius 2 is 2.14 bits per heavy atom. The monoisotopic (exact) mass is 256 g/mol. The molecule has 4 heteroatoms. The molecule has 0 bridgehead atoms. The lowest BCUT2D eigenvalue weighted by atomic mass is 10.1. The number of rotatable bonds is 0. The Morgan fingerprint density at radius 3 is 2.86 bits per heavy atom. The Labute approximate surface area is 91.8 Å². The number of hydrogen-bond acceptors (Lipinski definition) is 2. The van der Waals surface area contributed by atoms with Crippen molar-refractivity contribution in [3.05, 3.63) is 21.9 Å². The van der Waals surface area contributed by atoms with Gasteiger partial charge in [-0.25, -0.2) is 0 Å². The molecular formula is C10H13BrN2O. The van der Waals surface area contributed by atoms with Gasteiger partial charge in [-0.1, -0.05) is 0 Å². The number of ketones is 1. The van der Waals surface area contributed by atoms with Crippen molar-refractivity contribution in [2.75, 3.05) is 20.1 Å². The molecule has 1 aliphatic heterocycles. The van der Waals surface area contributed by atoms with Gasteiger partial charge in [-0.15, -0.1) is 0 Å². The van der Waals surface area contributed by atoms with Gasteiger partial charge in [-0.05, 0) is 41.0 Å². The van der Waals surface area contributed by atoms with Crippen molar-refractivity contribution in [2.45, 2.75) is 6.42 Å². The molecule has 1 aromatic rings. The summed E-state index contributed by atoms with van der Waals surface area (Å²) in [6.07, 6.45) is 0.955. The average molecular weight is 257 g/mol. The molecular weight excluding hydrogens is 244 g/mol. The SMILES string of the molecule is CN1CCc2cc(Br)n(C)c2C(=O)C1. The fourth-order valence-corrected chi connectivity index (χ4v) is 2.35. The van der Waals surface area contributed by atoms with Crippen LogP contribution in [-0.4, -0.2) is 35.4 Å². The van der Waals surface area contributed by atoms with Crippen molar-refractivity contribution in [2.24, 2.45) is 7.05 Å². The molecule has 14 heavy (non-hydrogen) atoms. The number of Topliss-reactive ketones (excluding diaryl/α,β-unsaturated/α-hetero) is 1. The third-order valence-electron chi connectivity index (χ3n) is 2.69. The topological polar surface area (TPSA) is 25.2 Å². The van der Waals surface area contributed by atoms with E-state index in [0.717, 1.165) is 28.8 Å². The third kappa shape index (κ3) is 1.53. The molecule has 2 heterocycles. The Morgan fingerprint density at radius 1 is 1.43 bits per heavy atom. The summed E-state index contributed by atoms with van der Waals surface area (Å²) in [5.74, 6) is 0.216. The predicted octanol–water partition coefficient (Wildman–Crippen LogP) is 1.46. The van der Waals surface area contributed by atoms with Crippen molar-refractivity contribution in [1.29, 1.82) is 0 Å². The van der Waals surface area contributed by atoms with Gasteiger partial charge in [0.15, 0.2) is 5.78 Å². The zero-order valence-electron chi connectivity index (χ0n) is 8.38. The number of halogens is 1. The van der Waals surface area contributed by atoms with Crippen LogP contribution in [0.15, 0.2) is 10.7 Å². The first-order valence-electron chi connectivity index (χ1n) is 4.65. The minimum atomic E-state index is 0.216. The Bertz CT molecular complexity index is 384. The van der Waals surface area contributed by atoms with E-state index in [2.05, 4.69) is 20.8 Å². The number of fused-ring (bicyclic) bond motifs is 1. The minimum Gasteiger partial charge on any atom is -0.336 e. The Kier molecular flexibility index (Phi) is 2.49. The Hall–Kier alpha value is -0.610. The Balaban J connectivity index is 2.48. The standard InChI is InChI=1S/C10H13BrN2O/c1-12-4-3-7-5-9(11)13(2)10(7)8(14)6-12/h5H,3-4,6H2,1-2H3. The van der Waals surface area contributed by atoms with Crippen LogP contribution in [0.4, 0.5) is 0 Å². The highest BCUT2D eigenvalue weighted by atomic mass is 79.9. The average Bonchev–Trinajstić information content (AvgIpc) is 2.31. The summed E-state index contributed by atoms with van der Waals surface area (Å²) in [6.45, 7) is 1.48. The number of carbonyl (C=O) groups is 1. The van der Waals surface area contributed by atoms with Crippen molar-refractivity contribution < 1.29 is 4.79 Å². The van der Waals surface area contributed by atoms with E-state index in [9.17, 15) is 4.79 Å². The second-order valence-corrected chi connectivity index (χ2v) is 4.62. The van der Waals surface area contributed by atoms with Crippen molar-refractivity contribution in [3.63, 3.8) is 0 Å². The van der Waals surface area contributed by atoms with Gasteiger partial charge in [0.2, 0.25) is 0 Å². The molecule has 0 N–H and O–H groups in total. The summed E-state index contributed by atoms with van der Waals surface area (Å²) in [7, 11) is 3.91. The molecule has 1 aliphatic rings. The smallest absolute Gasteiger partial charge is 0.193 e. The first-order valence-corrected chi connectivity index (χ1v) is 5.44. The molecule has 0 atom stereocenters. The second-order valence-electron chi connectivity index (χ2n) is 3.81. The van der Waals surface area contributed by atoms with Crippen molar-refractivity contribution in [3.8, 4) is 0 Å². The predicted molar refractivity (Wildman–Crippen MR) is 58.6 cm³/mol. The van der Waals surface area contributed by atoms with Gasteiger partial charge in [0.1, 0.15) is 0 Å². The van der Waals surface area contributed by atoms with Crippen LogP contribution < -0.4 is 0 Å². The van der Waals surface area contributed by atoms with Gasteiger partial charge >= 0.3 is 0 Å². The number of likely N-dealkylation sites (N-methyl/N-ethyl adjacent to an activating group) is 1. The molecule has 76 valence electrons. The number of nitrogens with zero attached hydrogens (tertiary/aromatic N) is 2. The van der Waals surface area contributed by atoms with Crippen LogP contribution in [0.3, 0.4) is 0 Å². The molecule has 0 saturated heterocycles. The zero-order chi connectivity index (χ0) is 10.3. The maximum absolute atomic E-state index is 11.9. The normalized spacial score (nSPS) is 18.1. The quantitative estimate of drug-likeness (QED) is 0.703. The first-order chi connectivity index (χ1) is 6.59. The van der Waals surface area contributed by atoms with Crippen LogP contribution >= 0.6 is 15.9 Å². The molecule has 0 amide bonds. The summed E-state index contributed by atoms with van der Waals surface area (Å²) in [6, 6.07) is 2.05. The molecule has 0 fully saturated rings. The van der Waals surface area contributed by atoms with Gasteiger partial charge in [0.25, 0.3) is 0 Å². The minimum absolute atomic E-state index is 0.216. The van der Waals surface area contributed by atoms with E-state index in [4.69, 9.17) is 0 Å². The summed E-state index contributed by atoms with van der Waals surface area (Å²) in [4.78, 5) is 13.9. The van der Waals surface area contributed by atoms with E-state index in [0.29, 0.717) is 6.54 Å².